The molecule has 0 aliphatic heterocycles. The minimum Gasteiger partial charge on any atom is -0.376 e. The Morgan fingerprint density at radius 3 is 2.44 bits per heavy atom. The van der Waals surface area contributed by atoms with E-state index >= 15 is 0 Å². The highest BCUT2D eigenvalue weighted by atomic mass is 35.5. The van der Waals surface area contributed by atoms with Gasteiger partial charge in [0.15, 0.2) is 0 Å². The van der Waals surface area contributed by atoms with Crippen LogP contribution >= 0.6 is 11.6 Å². The summed E-state index contributed by atoms with van der Waals surface area (Å²) in [6, 6.07) is 13.6. The van der Waals surface area contributed by atoms with Crippen molar-refractivity contribution in [2.24, 2.45) is 5.73 Å². The molecule has 0 aliphatic carbocycles. The summed E-state index contributed by atoms with van der Waals surface area (Å²) in [6.45, 7) is 0.284. The zero-order valence-corrected chi connectivity index (χ0v) is 10.5. The van der Waals surface area contributed by atoms with E-state index in [2.05, 4.69) is 5.32 Å². The van der Waals surface area contributed by atoms with Crippen molar-refractivity contribution in [3.05, 3.63) is 64.9 Å². The summed E-state index contributed by atoms with van der Waals surface area (Å²) in [5.74, 6) is -0.271. The number of nitrogens with one attached hydrogen (secondary N) is 1. The predicted octanol–water partition coefficient (Wildman–Crippen LogP) is 3.59. The lowest BCUT2D eigenvalue weighted by Gasteiger charge is -2.19. The van der Waals surface area contributed by atoms with Crippen LogP contribution in [0, 0.1) is 5.82 Å². The number of benzene rings is 2. The number of anilines is 1. The summed E-state index contributed by atoms with van der Waals surface area (Å²) < 4.78 is 13.7. The Morgan fingerprint density at radius 2 is 1.78 bits per heavy atom. The van der Waals surface area contributed by atoms with Crippen molar-refractivity contribution in [3.63, 3.8) is 0 Å². The van der Waals surface area contributed by atoms with Gasteiger partial charge in [-0.25, -0.2) is 4.39 Å². The first-order chi connectivity index (χ1) is 8.72. The van der Waals surface area contributed by atoms with Gasteiger partial charge in [-0.1, -0.05) is 41.9 Å². The van der Waals surface area contributed by atoms with Crippen molar-refractivity contribution in [1.82, 2.24) is 0 Å². The van der Waals surface area contributed by atoms with Gasteiger partial charge >= 0.3 is 0 Å². The van der Waals surface area contributed by atoms with E-state index in [-0.39, 0.29) is 18.4 Å². The molecule has 0 amide bonds. The Hall–Kier alpha value is -1.58. The molecule has 0 spiro atoms. The van der Waals surface area contributed by atoms with E-state index < -0.39 is 0 Å². The van der Waals surface area contributed by atoms with Gasteiger partial charge in [-0.05, 0) is 18.2 Å². The SMILES string of the molecule is NCC(Nc1ccccc1Cl)c1ccccc1F. The Bertz CT molecular complexity index is 531. The third kappa shape index (κ3) is 2.81. The van der Waals surface area contributed by atoms with Crippen LogP contribution < -0.4 is 11.1 Å². The number of para-hydroxylation sites is 1. The number of rotatable bonds is 4. The van der Waals surface area contributed by atoms with Crippen molar-refractivity contribution in [2.45, 2.75) is 6.04 Å². The molecule has 0 heterocycles. The first kappa shape index (κ1) is 12.9. The van der Waals surface area contributed by atoms with Crippen molar-refractivity contribution in [1.29, 1.82) is 0 Å². The quantitative estimate of drug-likeness (QED) is 0.886. The molecule has 0 aliphatic rings. The number of hydrogen-bond donors (Lipinski definition) is 2. The minimum atomic E-state index is -0.300. The van der Waals surface area contributed by atoms with Gasteiger partial charge in [-0.2, -0.15) is 0 Å². The fourth-order valence-corrected chi connectivity index (χ4v) is 1.98. The number of nitrogens with two attached hydrogens (primary N) is 1. The lowest BCUT2D eigenvalue weighted by atomic mass is 10.1. The van der Waals surface area contributed by atoms with Crippen molar-refractivity contribution < 1.29 is 4.39 Å². The zero-order chi connectivity index (χ0) is 13.0. The van der Waals surface area contributed by atoms with Gasteiger partial charge in [0.1, 0.15) is 5.82 Å². The normalized spacial score (nSPS) is 12.2. The Labute approximate surface area is 111 Å². The van der Waals surface area contributed by atoms with Crippen LogP contribution in [0.15, 0.2) is 48.5 Å². The molecule has 0 fully saturated rings. The average Bonchev–Trinajstić information content (AvgIpc) is 2.39. The largest absolute Gasteiger partial charge is 0.376 e. The Balaban J connectivity index is 2.26. The predicted molar refractivity (Wildman–Crippen MR) is 73.3 cm³/mol. The molecule has 0 bridgehead atoms. The smallest absolute Gasteiger partial charge is 0.128 e. The maximum Gasteiger partial charge on any atom is 0.128 e. The highest BCUT2D eigenvalue weighted by Gasteiger charge is 2.14. The first-order valence-electron chi connectivity index (χ1n) is 5.68. The second kappa shape index (κ2) is 5.85. The summed E-state index contributed by atoms with van der Waals surface area (Å²) in [6.07, 6.45) is 0. The van der Waals surface area contributed by atoms with Gasteiger partial charge in [0.2, 0.25) is 0 Å². The summed E-state index contributed by atoms with van der Waals surface area (Å²) >= 11 is 6.06. The van der Waals surface area contributed by atoms with Gasteiger partial charge in [-0.3, -0.25) is 0 Å². The molecule has 1 unspecified atom stereocenters. The molecule has 3 N–H and O–H groups in total. The van der Waals surface area contributed by atoms with Gasteiger partial charge in [0.25, 0.3) is 0 Å². The van der Waals surface area contributed by atoms with E-state index in [1.54, 1.807) is 24.3 Å². The molecule has 2 aromatic rings. The molecule has 2 nitrogen and oxygen atoms in total. The van der Waals surface area contributed by atoms with Crippen LogP contribution in [0.4, 0.5) is 10.1 Å². The first-order valence-corrected chi connectivity index (χ1v) is 6.05. The summed E-state index contributed by atoms with van der Waals surface area (Å²) in [5, 5.41) is 3.75. The van der Waals surface area contributed by atoms with Crippen LogP contribution in [0.1, 0.15) is 11.6 Å². The van der Waals surface area contributed by atoms with Crippen molar-refractivity contribution in [3.8, 4) is 0 Å². The Morgan fingerprint density at radius 1 is 1.11 bits per heavy atom. The second-order valence-electron chi connectivity index (χ2n) is 3.93. The molecule has 0 radical (unpaired) electrons. The lowest BCUT2D eigenvalue weighted by molar-refractivity contribution is 0.593. The van der Waals surface area contributed by atoms with E-state index in [1.807, 2.05) is 18.2 Å². The molecular formula is C14H14ClFN2. The van der Waals surface area contributed by atoms with E-state index in [4.69, 9.17) is 17.3 Å². The standard InChI is InChI=1S/C14H14ClFN2/c15-11-6-2-4-8-13(11)18-14(9-17)10-5-1-3-7-12(10)16/h1-8,14,18H,9,17H2. The van der Waals surface area contributed by atoms with Gasteiger partial charge in [-0.15, -0.1) is 0 Å². The Kier molecular flexibility index (Phi) is 4.18. The molecule has 2 aromatic carbocycles. The van der Waals surface area contributed by atoms with Gasteiger partial charge in [0.05, 0.1) is 16.8 Å². The summed E-state index contributed by atoms with van der Waals surface area (Å²) in [5.41, 5.74) is 6.99. The zero-order valence-electron chi connectivity index (χ0n) is 9.74. The monoisotopic (exact) mass is 264 g/mol. The average molecular weight is 265 g/mol. The molecule has 94 valence electrons. The second-order valence-corrected chi connectivity index (χ2v) is 4.34. The van der Waals surface area contributed by atoms with Crippen molar-refractivity contribution in [2.75, 3.05) is 11.9 Å². The van der Waals surface area contributed by atoms with E-state index in [0.717, 1.165) is 5.69 Å². The lowest BCUT2D eigenvalue weighted by Crippen LogP contribution is -2.21. The topological polar surface area (TPSA) is 38.0 Å². The third-order valence-electron chi connectivity index (χ3n) is 2.72. The number of hydrogen-bond acceptors (Lipinski definition) is 2. The molecule has 0 saturated carbocycles. The minimum absolute atomic E-state index is 0.271. The molecule has 2 rings (SSSR count). The van der Waals surface area contributed by atoms with Gasteiger partial charge < -0.3 is 11.1 Å². The van der Waals surface area contributed by atoms with Crippen LogP contribution in [-0.2, 0) is 0 Å². The summed E-state index contributed by atoms with van der Waals surface area (Å²) in [4.78, 5) is 0. The molecule has 0 saturated heterocycles. The molecule has 1 atom stereocenters. The molecule has 18 heavy (non-hydrogen) atoms. The summed E-state index contributed by atoms with van der Waals surface area (Å²) in [7, 11) is 0. The van der Waals surface area contributed by atoms with Crippen LogP contribution in [0.3, 0.4) is 0 Å². The van der Waals surface area contributed by atoms with Gasteiger partial charge in [0, 0.05) is 12.1 Å². The van der Waals surface area contributed by atoms with Crippen LogP contribution in [-0.4, -0.2) is 6.54 Å². The molecule has 0 aromatic heterocycles. The fourth-order valence-electron chi connectivity index (χ4n) is 1.79. The fraction of sp³-hybridized carbons (Fsp3) is 0.143. The van der Waals surface area contributed by atoms with E-state index in [1.165, 1.54) is 6.07 Å². The number of halogens is 2. The van der Waals surface area contributed by atoms with Crippen LogP contribution in [0.25, 0.3) is 0 Å². The highest BCUT2D eigenvalue weighted by Crippen LogP contribution is 2.26. The van der Waals surface area contributed by atoms with E-state index in [0.29, 0.717) is 10.6 Å². The van der Waals surface area contributed by atoms with Crippen LogP contribution in [0.5, 0.6) is 0 Å². The maximum absolute atomic E-state index is 13.7. The van der Waals surface area contributed by atoms with Crippen LogP contribution in [0.2, 0.25) is 5.02 Å². The van der Waals surface area contributed by atoms with Crippen molar-refractivity contribution >= 4 is 17.3 Å². The maximum atomic E-state index is 13.7. The highest BCUT2D eigenvalue weighted by molar-refractivity contribution is 6.33. The third-order valence-corrected chi connectivity index (χ3v) is 3.05. The molecular weight excluding hydrogens is 251 g/mol. The van der Waals surface area contributed by atoms with E-state index in [9.17, 15) is 4.39 Å². The molecule has 4 heteroatoms.